The fourth-order valence-corrected chi connectivity index (χ4v) is 2.50. The third kappa shape index (κ3) is 6.41. The number of nitrogens with one attached hydrogen (secondary N) is 2. The van der Waals surface area contributed by atoms with Crippen molar-refractivity contribution in [2.45, 2.75) is 13.1 Å². The number of benzene rings is 2. The molecule has 0 aliphatic heterocycles. The van der Waals surface area contributed by atoms with Gasteiger partial charge in [0.05, 0.1) is 24.3 Å². The summed E-state index contributed by atoms with van der Waals surface area (Å²) >= 11 is 0. The van der Waals surface area contributed by atoms with Crippen LogP contribution in [-0.2, 0) is 15.8 Å². The summed E-state index contributed by atoms with van der Waals surface area (Å²) in [5.74, 6) is -0.968. The summed E-state index contributed by atoms with van der Waals surface area (Å²) in [6.45, 7) is 1.58. The van der Waals surface area contributed by atoms with Gasteiger partial charge in [-0.15, -0.1) is 0 Å². The number of carbonyl (C=O) groups excluding carboxylic acids is 2. The van der Waals surface area contributed by atoms with Gasteiger partial charge in [-0.25, -0.2) is 0 Å². The van der Waals surface area contributed by atoms with Crippen LogP contribution in [0.1, 0.15) is 11.1 Å². The van der Waals surface area contributed by atoms with Crippen molar-refractivity contribution in [2.24, 2.45) is 0 Å². The van der Waals surface area contributed by atoms with Crippen molar-refractivity contribution in [3.63, 3.8) is 0 Å². The maximum atomic E-state index is 13.0. The van der Waals surface area contributed by atoms with Crippen molar-refractivity contribution in [2.75, 3.05) is 30.8 Å². The van der Waals surface area contributed by atoms with E-state index in [-0.39, 0.29) is 24.7 Å². The highest BCUT2D eigenvalue weighted by atomic mass is 19.4. The van der Waals surface area contributed by atoms with Crippen LogP contribution in [0.4, 0.5) is 24.5 Å². The summed E-state index contributed by atoms with van der Waals surface area (Å²) < 4.78 is 38.9. The first-order valence-electron chi connectivity index (χ1n) is 8.16. The van der Waals surface area contributed by atoms with Crippen LogP contribution >= 0.6 is 0 Å². The molecule has 2 aromatic carbocycles. The van der Waals surface area contributed by atoms with Gasteiger partial charge in [0.2, 0.25) is 11.8 Å². The molecule has 0 unspecified atom stereocenters. The number of carbonyl (C=O) groups is 2. The molecule has 0 radical (unpaired) electrons. The molecule has 2 rings (SSSR count). The predicted octanol–water partition coefficient (Wildman–Crippen LogP) is 3.52. The molecule has 144 valence electrons. The molecular formula is C19H20F3N3O2. The molecule has 2 N–H and O–H groups in total. The maximum absolute atomic E-state index is 13.0. The number of anilines is 2. The average molecular weight is 379 g/mol. The molecule has 0 bridgehead atoms. The van der Waals surface area contributed by atoms with Crippen LogP contribution in [0.3, 0.4) is 0 Å². The zero-order chi connectivity index (χ0) is 20.0. The topological polar surface area (TPSA) is 61.4 Å². The van der Waals surface area contributed by atoms with E-state index in [0.717, 1.165) is 11.6 Å². The third-order valence-corrected chi connectivity index (χ3v) is 3.64. The molecule has 0 aliphatic carbocycles. The van der Waals surface area contributed by atoms with Gasteiger partial charge in [-0.05, 0) is 43.8 Å². The minimum Gasteiger partial charge on any atom is -0.325 e. The van der Waals surface area contributed by atoms with Crippen molar-refractivity contribution in [1.82, 2.24) is 4.90 Å². The number of alkyl halides is 3. The molecule has 5 nitrogen and oxygen atoms in total. The summed E-state index contributed by atoms with van der Waals surface area (Å²) in [7, 11) is 1.53. The molecule has 0 saturated carbocycles. The van der Waals surface area contributed by atoms with Crippen LogP contribution < -0.4 is 10.6 Å². The highest BCUT2D eigenvalue weighted by Gasteiger charge is 2.33. The Morgan fingerprint density at radius 1 is 0.963 bits per heavy atom. The number of hydrogen-bond donors (Lipinski definition) is 2. The second-order valence-corrected chi connectivity index (χ2v) is 6.18. The van der Waals surface area contributed by atoms with Gasteiger partial charge < -0.3 is 10.6 Å². The number of para-hydroxylation sites is 1. The second-order valence-electron chi connectivity index (χ2n) is 6.18. The first-order chi connectivity index (χ1) is 12.6. The lowest BCUT2D eigenvalue weighted by Gasteiger charge is -2.18. The van der Waals surface area contributed by atoms with E-state index in [1.807, 2.05) is 13.0 Å². The van der Waals surface area contributed by atoms with E-state index in [9.17, 15) is 22.8 Å². The zero-order valence-electron chi connectivity index (χ0n) is 14.9. The predicted molar refractivity (Wildman–Crippen MR) is 97.4 cm³/mol. The fraction of sp³-hybridized carbons (Fsp3) is 0.263. The van der Waals surface area contributed by atoms with Crippen LogP contribution in [0.25, 0.3) is 0 Å². The molecule has 8 heteroatoms. The number of hydrogen-bond acceptors (Lipinski definition) is 3. The molecule has 0 fully saturated rings. The maximum Gasteiger partial charge on any atom is 0.418 e. The number of halogens is 3. The molecule has 0 aromatic heterocycles. The first-order valence-corrected chi connectivity index (χ1v) is 8.16. The van der Waals surface area contributed by atoms with Gasteiger partial charge in [-0.3, -0.25) is 14.5 Å². The van der Waals surface area contributed by atoms with Gasteiger partial charge in [-0.2, -0.15) is 13.2 Å². The number of likely N-dealkylation sites (N-methyl/N-ethyl adjacent to an activating group) is 1. The lowest BCUT2D eigenvalue weighted by atomic mass is 10.1. The number of nitrogens with zero attached hydrogens (tertiary/aromatic N) is 1. The number of rotatable bonds is 6. The summed E-state index contributed by atoms with van der Waals surface area (Å²) in [6.07, 6.45) is -4.57. The molecule has 0 spiro atoms. The van der Waals surface area contributed by atoms with Gasteiger partial charge in [-0.1, -0.05) is 24.3 Å². The van der Waals surface area contributed by atoms with Crippen molar-refractivity contribution >= 4 is 23.2 Å². The number of aryl methyl sites for hydroxylation is 1. The lowest BCUT2D eigenvalue weighted by Crippen LogP contribution is -2.36. The van der Waals surface area contributed by atoms with Crippen LogP contribution in [0.2, 0.25) is 0 Å². The average Bonchev–Trinajstić information content (AvgIpc) is 2.53. The monoisotopic (exact) mass is 379 g/mol. The molecule has 27 heavy (non-hydrogen) atoms. The van der Waals surface area contributed by atoms with Crippen molar-refractivity contribution in [3.05, 3.63) is 59.7 Å². The number of amides is 2. The van der Waals surface area contributed by atoms with E-state index < -0.39 is 17.6 Å². The van der Waals surface area contributed by atoms with Crippen molar-refractivity contribution in [1.29, 1.82) is 0 Å². The Bertz CT molecular complexity index is 822. The van der Waals surface area contributed by atoms with Crippen LogP contribution in [0, 0.1) is 6.92 Å². The van der Waals surface area contributed by atoms with Crippen LogP contribution in [0.5, 0.6) is 0 Å². The first kappa shape index (κ1) is 20.4. The quantitative estimate of drug-likeness (QED) is 0.807. The second kappa shape index (κ2) is 8.68. The highest BCUT2D eigenvalue weighted by Crippen LogP contribution is 2.34. The minimum absolute atomic E-state index is 0.0811. The molecule has 2 amide bonds. The highest BCUT2D eigenvalue weighted by molar-refractivity contribution is 5.95. The molecule has 0 aliphatic rings. The summed E-state index contributed by atoms with van der Waals surface area (Å²) in [5, 5.41) is 4.95. The van der Waals surface area contributed by atoms with Gasteiger partial charge in [0.1, 0.15) is 0 Å². The van der Waals surface area contributed by atoms with Crippen LogP contribution in [-0.4, -0.2) is 36.9 Å². The molecular weight excluding hydrogens is 359 g/mol. The van der Waals surface area contributed by atoms with Crippen LogP contribution in [0.15, 0.2) is 48.5 Å². The summed E-state index contributed by atoms with van der Waals surface area (Å²) in [6, 6.07) is 12.0. The third-order valence-electron chi connectivity index (χ3n) is 3.64. The van der Waals surface area contributed by atoms with Crippen molar-refractivity contribution < 1.29 is 22.8 Å². The standard InChI is InChI=1S/C19H20F3N3O2/c1-13-6-5-7-14(10-13)23-17(26)11-25(2)12-18(27)24-16-9-4-3-8-15(16)19(20,21)22/h3-10H,11-12H2,1-2H3,(H,23,26)(H,24,27). The Labute approximate surface area is 155 Å². The van der Waals surface area contributed by atoms with E-state index >= 15 is 0 Å². The molecule has 0 saturated heterocycles. The van der Waals surface area contributed by atoms with E-state index in [4.69, 9.17) is 0 Å². The van der Waals surface area contributed by atoms with Gasteiger partial charge in [0, 0.05) is 5.69 Å². The molecule has 0 atom stereocenters. The largest absolute Gasteiger partial charge is 0.418 e. The molecule has 0 heterocycles. The molecule has 2 aromatic rings. The smallest absolute Gasteiger partial charge is 0.325 e. The minimum atomic E-state index is -4.57. The van der Waals surface area contributed by atoms with Gasteiger partial charge in [0.25, 0.3) is 0 Å². The summed E-state index contributed by atoms with van der Waals surface area (Å²) in [4.78, 5) is 25.5. The van der Waals surface area contributed by atoms with E-state index in [1.54, 1.807) is 18.2 Å². The van der Waals surface area contributed by atoms with Gasteiger partial charge in [0.15, 0.2) is 0 Å². The normalized spacial score (nSPS) is 11.3. The van der Waals surface area contributed by atoms with E-state index in [1.165, 1.54) is 30.1 Å². The van der Waals surface area contributed by atoms with Gasteiger partial charge >= 0.3 is 6.18 Å². The SMILES string of the molecule is Cc1cccc(NC(=O)CN(C)CC(=O)Nc2ccccc2C(F)(F)F)c1. The fourth-order valence-electron chi connectivity index (χ4n) is 2.50. The zero-order valence-corrected chi connectivity index (χ0v) is 14.9. The Morgan fingerprint density at radius 2 is 1.59 bits per heavy atom. The van der Waals surface area contributed by atoms with Crippen molar-refractivity contribution in [3.8, 4) is 0 Å². The Morgan fingerprint density at radius 3 is 2.22 bits per heavy atom. The lowest BCUT2D eigenvalue weighted by molar-refractivity contribution is -0.137. The Balaban J connectivity index is 1.90. The van der Waals surface area contributed by atoms with E-state index in [2.05, 4.69) is 10.6 Å². The Hall–Kier alpha value is -2.87. The van der Waals surface area contributed by atoms with E-state index in [0.29, 0.717) is 5.69 Å². The Kier molecular flexibility index (Phi) is 6.57. The summed E-state index contributed by atoms with van der Waals surface area (Å²) in [5.41, 5.74) is 0.395.